The minimum Gasteiger partial charge on any atom is -0.320 e. The Morgan fingerprint density at radius 2 is 1.90 bits per heavy atom. The number of nitrogens with one attached hydrogen (secondary N) is 1. The summed E-state index contributed by atoms with van der Waals surface area (Å²) in [5, 5.41) is 14.0. The number of rotatable bonds is 3. The highest BCUT2D eigenvalue weighted by Gasteiger charge is 2.22. The van der Waals surface area contributed by atoms with Crippen LogP contribution in [0.4, 0.5) is 11.4 Å². The number of nitro benzene ring substituents is 1. The summed E-state index contributed by atoms with van der Waals surface area (Å²) in [7, 11) is 0. The molecule has 102 valence electrons. The lowest BCUT2D eigenvalue weighted by Gasteiger charge is -2.08. The van der Waals surface area contributed by atoms with Gasteiger partial charge in [0.25, 0.3) is 11.6 Å². The van der Waals surface area contributed by atoms with Crippen LogP contribution in [0.5, 0.6) is 0 Å². The van der Waals surface area contributed by atoms with Gasteiger partial charge in [0.05, 0.1) is 15.6 Å². The summed E-state index contributed by atoms with van der Waals surface area (Å²) in [6.07, 6.45) is 0. The minimum absolute atomic E-state index is 0.00918. The quantitative estimate of drug-likeness (QED) is 0.690. The second-order valence-electron chi connectivity index (χ2n) is 4.16. The number of nitro groups is 1. The zero-order valence-corrected chi connectivity index (χ0v) is 11.3. The van der Waals surface area contributed by atoms with Crippen molar-refractivity contribution in [1.82, 2.24) is 0 Å². The number of aryl methyl sites for hydroxylation is 1. The Hall–Kier alpha value is -2.40. The zero-order valence-electron chi connectivity index (χ0n) is 10.6. The molecule has 0 unspecified atom stereocenters. The molecule has 0 spiro atoms. The average molecular weight is 291 g/mol. The Bertz CT molecular complexity index is 686. The van der Waals surface area contributed by atoms with Crippen molar-refractivity contribution in [2.24, 2.45) is 0 Å². The highest BCUT2D eigenvalue weighted by atomic mass is 35.5. The molecule has 0 fully saturated rings. The Labute approximate surface area is 120 Å². The molecule has 20 heavy (non-hydrogen) atoms. The number of carbonyl (C=O) groups is 1. The van der Waals surface area contributed by atoms with Gasteiger partial charge in [-0.05, 0) is 25.1 Å². The molecule has 0 bridgehead atoms. The van der Waals surface area contributed by atoms with Crippen LogP contribution in [0.3, 0.4) is 0 Å². The maximum Gasteiger partial charge on any atom is 0.285 e. The monoisotopic (exact) mass is 290 g/mol. The molecule has 0 saturated carbocycles. The first-order valence-electron chi connectivity index (χ1n) is 5.80. The first-order valence-corrected chi connectivity index (χ1v) is 6.18. The molecule has 0 heterocycles. The average Bonchev–Trinajstić information content (AvgIpc) is 2.40. The molecular weight excluding hydrogens is 280 g/mol. The number of para-hydroxylation sites is 2. The van der Waals surface area contributed by atoms with Crippen LogP contribution in [-0.2, 0) is 0 Å². The summed E-state index contributed by atoms with van der Waals surface area (Å²) >= 11 is 5.94. The largest absolute Gasteiger partial charge is 0.320 e. The minimum atomic E-state index is -0.562. The Morgan fingerprint density at radius 1 is 1.20 bits per heavy atom. The zero-order chi connectivity index (χ0) is 14.7. The van der Waals surface area contributed by atoms with E-state index in [0.29, 0.717) is 16.3 Å². The van der Waals surface area contributed by atoms with Gasteiger partial charge in [0.15, 0.2) is 0 Å². The molecular formula is C14H11ClN2O3. The molecule has 0 aliphatic carbocycles. The third-order valence-corrected chi connectivity index (χ3v) is 3.12. The summed E-state index contributed by atoms with van der Waals surface area (Å²) in [5.41, 5.74) is 0.656. The van der Waals surface area contributed by atoms with E-state index < -0.39 is 10.8 Å². The van der Waals surface area contributed by atoms with Crippen molar-refractivity contribution >= 4 is 28.9 Å². The van der Waals surface area contributed by atoms with E-state index in [2.05, 4.69) is 5.32 Å². The molecule has 0 aliphatic rings. The number of benzene rings is 2. The number of nitrogens with zero attached hydrogens (tertiary/aromatic N) is 1. The fourth-order valence-electron chi connectivity index (χ4n) is 1.84. The number of hydrogen-bond donors (Lipinski definition) is 1. The van der Waals surface area contributed by atoms with Crippen molar-refractivity contribution in [3.63, 3.8) is 0 Å². The lowest BCUT2D eigenvalue weighted by Crippen LogP contribution is -2.14. The molecule has 6 heteroatoms. The van der Waals surface area contributed by atoms with Crippen LogP contribution in [0.2, 0.25) is 5.02 Å². The second kappa shape index (κ2) is 5.71. The number of carbonyl (C=O) groups excluding carboxylic acids is 1. The lowest BCUT2D eigenvalue weighted by molar-refractivity contribution is -0.385. The molecule has 0 aromatic heterocycles. The Kier molecular flexibility index (Phi) is 4.00. The van der Waals surface area contributed by atoms with E-state index >= 15 is 0 Å². The van der Waals surface area contributed by atoms with E-state index in [1.165, 1.54) is 6.07 Å². The molecule has 0 atom stereocenters. The first-order chi connectivity index (χ1) is 9.50. The van der Waals surface area contributed by atoms with E-state index in [0.717, 1.165) is 0 Å². The van der Waals surface area contributed by atoms with Gasteiger partial charge in [-0.15, -0.1) is 0 Å². The molecule has 2 aromatic carbocycles. The van der Waals surface area contributed by atoms with Gasteiger partial charge in [-0.1, -0.05) is 35.9 Å². The van der Waals surface area contributed by atoms with E-state index in [1.807, 2.05) is 0 Å². The van der Waals surface area contributed by atoms with Crippen molar-refractivity contribution in [2.75, 3.05) is 5.32 Å². The fourth-order valence-corrected chi connectivity index (χ4v) is 2.02. The maximum atomic E-state index is 12.2. The van der Waals surface area contributed by atoms with Crippen LogP contribution in [0.1, 0.15) is 15.9 Å². The van der Waals surface area contributed by atoms with Crippen LogP contribution in [-0.4, -0.2) is 10.8 Å². The predicted octanol–water partition coefficient (Wildman–Crippen LogP) is 3.81. The van der Waals surface area contributed by atoms with Gasteiger partial charge in [0.1, 0.15) is 5.56 Å². The predicted molar refractivity (Wildman–Crippen MR) is 77.2 cm³/mol. The third-order valence-electron chi connectivity index (χ3n) is 2.79. The smallest absolute Gasteiger partial charge is 0.285 e. The van der Waals surface area contributed by atoms with Crippen molar-refractivity contribution < 1.29 is 9.72 Å². The van der Waals surface area contributed by atoms with Crippen LogP contribution >= 0.6 is 11.6 Å². The number of amides is 1. The van der Waals surface area contributed by atoms with Gasteiger partial charge >= 0.3 is 0 Å². The third kappa shape index (κ3) is 2.78. The van der Waals surface area contributed by atoms with Crippen molar-refractivity contribution in [3.05, 3.63) is 68.7 Å². The summed E-state index contributed by atoms with van der Waals surface area (Å²) < 4.78 is 0. The molecule has 2 aromatic rings. The standard InChI is InChI=1S/C14H11ClN2O3/c1-9-5-4-6-10(13(9)17(19)20)14(18)16-12-8-3-2-7-11(12)15/h2-8H,1H3,(H,16,18). The summed E-state index contributed by atoms with van der Waals surface area (Å²) in [6.45, 7) is 1.59. The maximum absolute atomic E-state index is 12.2. The first kappa shape index (κ1) is 14.0. The topological polar surface area (TPSA) is 72.2 Å². The SMILES string of the molecule is Cc1cccc(C(=O)Nc2ccccc2Cl)c1[N+](=O)[O-]. The van der Waals surface area contributed by atoms with Crippen molar-refractivity contribution in [1.29, 1.82) is 0 Å². The second-order valence-corrected chi connectivity index (χ2v) is 4.57. The molecule has 0 saturated heterocycles. The molecule has 0 aliphatic heterocycles. The van der Waals surface area contributed by atoms with Gasteiger partial charge in [-0.3, -0.25) is 14.9 Å². The van der Waals surface area contributed by atoms with E-state index in [9.17, 15) is 14.9 Å². The molecule has 0 radical (unpaired) electrons. The Morgan fingerprint density at radius 3 is 2.55 bits per heavy atom. The van der Waals surface area contributed by atoms with Crippen molar-refractivity contribution in [3.8, 4) is 0 Å². The normalized spacial score (nSPS) is 10.1. The summed E-state index contributed by atoms with van der Waals surface area (Å²) in [4.78, 5) is 22.7. The van der Waals surface area contributed by atoms with E-state index in [4.69, 9.17) is 11.6 Å². The van der Waals surface area contributed by atoms with Gasteiger partial charge in [-0.2, -0.15) is 0 Å². The van der Waals surface area contributed by atoms with Crippen LogP contribution in [0.15, 0.2) is 42.5 Å². The molecule has 5 nitrogen and oxygen atoms in total. The molecule has 1 amide bonds. The van der Waals surface area contributed by atoms with E-state index in [-0.39, 0.29) is 11.3 Å². The summed E-state index contributed by atoms with van der Waals surface area (Å²) in [6, 6.07) is 11.3. The van der Waals surface area contributed by atoms with Gasteiger partial charge in [0.2, 0.25) is 0 Å². The van der Waals surface area contributed by atoms with E-state index in [1.54, 1.807) is 43.3 Å². The van der Waals surface area contributed by atoms with Crippen molar-refractivity contribution in [2.45, 2.75) is 6.92 Å². The Balaban J connectivity index is 2.38. The number of hydrogen-bond acceptors (Lipinski definition) is 3. The highest BCUT2D eigenvalue weighted by molar-refractivity contribution is 6.34. The fraction of sp³-hybridized carbons (Fsp3) is 0.0714. The lowest BCUT2D eigenvalue weighted by atomic mass is 10.1. The van der Waals surface area contributed by atoms with Gasteiger partial charge in [-0.25, -0.2) is 0 Å². The van der Waals surface area contributed by atoms with Crippen LogP contribution in [0.25, 0.3) is 0 Å². The van der Waals surface area contributed by atoms with Gasteiger partial charge < -0.3 is 5.32 Å². The van der Waals surface area contributed by atoms with Gasteiger partial charge in [0, 0.05) is 5.56 Å². The highest BCUT2D eigenvalue weighted by Crippen LogP contribution is 2.26. The number of halogens is 1. The number of anilines is 1. The summed E-state index contributed by atoms with van der Waals surface area (Å²) in [5.74, 6) is -0.562. The molecule has 2 rings (SSSR count). The van der Waals surface area contributed by atoms with Crippen LogP contribution < -0.4 is 5.32 Å². The van der Waals surface area contributed by atoms with Crippen LogP contribution in [0, 0.1) is 17.0 Å². The molecule has 1 N–H and O–H groups in total.